The fourth-order valence-corrected chi connectivity index (χ4v) is 3.55. The lowest BCUT2D eigenvalue weighted by Crippen LogP contribution is -2.19. The smallest absolute Gasteiger partial charge is 0.214 e. The van der Waals surface area contributed by atoms with Gasteiger partial charge in [-0.2, -0.15) is 0 Å². The van der Waals surface area contributed by atoms with Crippen molar-refractivity contribution in [1.82, 2.24) is 29.9 Å². The van der Waals surface area contributed by atoms with E-state index in [4.69, 9.17) is 4.74 Å². The zero-order valence-electron chi connectivity index (χ0n) is 11.8. The molecular weight excluding hydrogens is 308 g/mol. The molecule has 0 atom stereocenters. The second-order valence-electron chi connectivity index (χ2n) is 4.39. The van der Waals surface area contributed by atoms with Crippen molar-refractivity contribution in [3.05, 3.63) is 23.1 Å². The van der Waals surface area contributed by atoms with E-state index in [-0.39, 0.29) is 0 Å². The lowest BCUT2D eigenvalue weighted by molar-refractivity contribution is 0.199. The molecule has 0 amide bonds. The van der Waals surface area contributed by atoms with Crippen LogP contribution in [0.3, 0.4) is 0 Å². The van der Waals surface area contributed by atoms with Crippen LogP contribution < -0.4 is 5.32 Å². The number of rotatable bonds is 7. The SMILES string of the molecule is COCCNCc1c(Sc2n[nH]c(C)n2)nc2sccn12. The summed E-state index contributed by atoms with van der Waals surface area (Å²) in [5, 5.41) is 14.0. The van der Waals surface area contributed by atoms with E-state index in [1.165, 1.54) is 11.8 Å². The maximum absolute atomic E-state index is 5.05. The maximum atomic E-state index is 5.05. The Morgan fingerprint density at radius 3 is 3.14 bits per heavy atom. The number of aryl methyl sites for hydroxylation is 1. The minimum atomic E-state index is 0.689. The molecule has 0 unspecified atom stereocenters. The van der Waals surface area contributed by atoms with Gasteiger partial charge in [-0.3, -0.25) is 9.50 Å². The molecule has 21 heavy (non-hydrogen) atoms. The highest BCUT2D eigenvalue weighted by atomic mass is 32.2. The van der Waals surface area contributed by atoms with Gasteiger partial charge in [0.15, 0.2) is 4.96 Å². The number of hydrogen-bond acceptors (Lipinski definition) is 7. The molecule has 0 saturated heterocycles. The van der Waals surface area contributed by atoms with E-state index in [0.29, 0.717) is 11.8 Å². The van der Waals surface area contributed by atoms with Crippen LogP contribution in [0.4, 0.5) is 0 Å². The Kier molecular flexibility index (Phi) is 4.54. The van der Waals surface area contributed by atoms with Crippen molar-refractivity contribution in [3.63, 3.8) is 0 Å². The van der Waals surface area contributed by atoms with Crippen molar-refractivity contribution in [2.24, 2.45) is 0 Å². The van der Waals surface area contributed by atoms with E-state index in [1.54, 1.807) is 18.4 Å². The summed E-state index contributed by atoms with van der Waals surface area (Å²) < 4.78 is 7.15. The van der Waals surface area contributed by atoms with Gasteiger partial charge < -0.3 is 10.1 Å². The molecule has 3 aromatic heterocycles. The van der Waals surface area contributed by atoms with Gasteiger partial charge in [-0.05, 0) is 18.7 Å². The highest BCUT2D eigenvalue weighted by molar-refractivity contribution is 7.99. The summed E-state index contributed by atoms with van der Waals surface area (Å²) in [6.07, 6.45) is 2.04. The zero-order chi connectivity index (χ0) is 14.7. The first-order valence-electron chi connectivity index (χ1n) is 6.49. The summed E-state index contributed by atoms with van der Waals surface area (Å²) in [6, 6.07) is 0. The highest BCUT2D eigenvalue weighted by Gasteiger charge is 2.15. The van der Waals surface area contributed by atoms with Crippen LogP contribution in [0.25, 0.3) is 4.96 Å². The van der Waals surface area contributed by atoms with Crippen LogP contribution in [-0.4, -0.2) is 44.8 Å². The van der Waals surface area contributed by atoms with Gasteiger partial charge in [-0.25, -0.2) is 9.97 Å². The van der Waals surface area contributed by atoms with Crippen molar-refractivity contribution in [1.29, 1.82) is 0 Å². The van der Waals surface area contributed by atoms with E-state index in [1.807, 2.05) is 18.5 Å². The molecule has 9 heteroatoms. The summed E-state index contributed by atoms with van der Waals surface area (Å²) >= 11 is 3.10. The van der Waals surface area contributed by atoms with E-state index >= 15 is 0 Å². The normalized spacial score (nSPS) is 11.5. The third-order valence-corrected chi connectivity index (χ3v) is 4.51. The lowest BCUT2D eigenvalue weighted by Gasteiger charge is -2.05. The third-order valence-electron chi connectivity index (χ3n) is 2.86. The van der Waals surface area contributed by atoms with Crippen LogP contribution in [0, 0.1) is 6.92 Å². The minimum absolute atomic E-state index is 0.689. The van der Waals surface area contributed by atoms with Gasteiger partial charge in [0, 0.05) is 31.8 Å². The molecule has 7 nitrogen and oxygen atoms in total. The van der Waals surface area contributed by atoms with E-state index < -0.39 is 0 Å². The Labute approximate surface area is 130 Å². The molecule has 112 valence electrons. The number of methoxy groups -OCH3 is 1. The van der Waals surface area contributed by atoms with Crippen molar-refractivity contribution in [2.75, 3.05) is 20.3 Å². The Balaban J connectivity index is 1.81. The summed E-state index contributed by atoms with van der Waals surface area (Å²) in [6.45, 7) is 4.11. The van der Waals surface area contributed by atoms with E-state index in [2.05, 4.69) is 29.9 Å². The van der Waals surface area contributed by atoms with Gasteiger partial charge in [0.05, 0.1) is 12.3 Å². The Morgan fingerprint density at radius 1 is 1.48 bits per heavy atom. The number of imidazole rings is 1. The van der Waals surface area contributed by atoms with Crippen LogP contribution in [-0.2, 0) is 11.3 Å². The number of ether oxygens (including phenoxy) is 1. The summed E-state index contributed by atoms with van der Waals surface area (Å²) in [7, 11) is 1.70. The monoisotopic (exact) mass is 324 g/mol. The topological polar surface area (TPSA) is 80.1 Å². The first kappa shape index (κ1) is 14.5. The van der Waals surface area contributed by atoms with Crippen LogP contribution in [0.15, 0.2) is 21.8 Å². The fraction of sp³-hybridized carbons (Fsp3) is 0.417. The molecular formula is C12H16N6OS2. The fourth-order valence-electron chi connectivity index (χ4n) is 1.89. The number of nitrogens with zero attached hydrogens (tertiary/aromatic N) is 4. The minimum Gasteiger partial charge on any atom is -0.383 e. The molecule has 0 aromatic carbocycles. The molecule has 3 rings (SSSR count). The number of thiazole rings is 1. The second-order valence-corrected chi connectivity index (χ2v) is 6.22. The van der Waals surface area contributed by atoms with Crippen LogP contribution in [0.1, 0.15) is 11.5 Å². The molecule has 0 spiro atoms. The largest absolute Gasteiger partial charge is 0.383 e. The first-order chi connectivity index (χ1) is 10.3. The summed E-state index contributed by atoms with van der Waals surface area (Å²) in [5.41, 5.74) is 1.12. The van der Waals surface area contributed by atoms with Crippen molar-refractivity contribution < 1.29 is 4.74 Å². The van der Waals surface area contributed by atoms with E-state index in [9.17, 15) is 0 Å². The van der Waals surface area contributed by atoms with Gasteiger partial charge in [0.2, 0.25) is 5.16 Å². The van der Waals surface area contributed by atoms with Crippen LogP contribution in [0.2, 0.25) is 0 Å². The average Bonchev–Trinajstić information content (AvgIpc) is 3.13. The average molecular weight is 324 g/mol. The number of H-pyrrole nitrogens is 1. The number of nitrogens with one attached hydrogen (secondary N) is 2. The third kappa shape index (κ3) is 3.26. The van der Waals surface area contributed by atoms with Gasteiger partial charge in [-0.1, -0.05) is 0 Å². The quantitative estimate of drug-likeness (QED) is 0.644. The number of aromatic nitrogens is 5. The van der Waals surface area contributed by atoms with Crippen LogP contribution >= 0.6 is 23.1 Å². The Morgan fingerprint density at radius 2 is 2.38 bits per heavy atom. The summed E-state index contributed by atoms with van der Waals surface area (Å²) in [4.78, 5) is 9.96. The predicted molar refractivity (Wildman–Crippen MR) is 81.9 cm³/mol. The van der Waals surface area contributed by atoms with Gasteiger partial charge in [0.1, 0.15) is 10.9 Å². The first-order valence-corrected chi connectivity index (χ1v) is 8.18. The molecule has 3 heterocycles. The van der Waals surface area contributed by atoms with E-state index in [0.717, 1.165) is 34.6 Å². The molecule has 3 aromatic rings. The van der Waals surface area contributed by atoms with Crippen LogP contribution in [0.5, 0.6) is 0 Å². The molecule has 0 radical (unpaired) electrons. The molecule has 0 aliphatic carbocycles. The number of aromatic amines is 1. The standard InChI is InChI=1S/C12H16N6OS2/c1-8-14-11(17-16-8)21-10-9(7-13-3-5-19-2)18-4-6-20-12(18)15-10/h4,6,13H,3,5,7H2,1-2H3,(H,14,16,17). The maximum Gasteiger partial charge on any atom is 0.214 e. The lowest BCUT2D eigenvalue weighted by atomic mass is 10.4. The summed E-state index contributed by atoms with van der Waals surface area (Å²) in [5.74, 6) is 0.804. The molecule has 0 bridgehead atoms. The Hall–Kier alpha value is -1.42. The molecule has 0 aliphatic heterocycles. The predicted octanol–water partition coefficient (Wildman–Crippen LogP) is 1.71. The van der Waals surface area contributed by atoms with Gasteiger partial charge >= 0.3 is 0 Å². The Bertz CT molecular complexity index is 718. The van der Waals surface area contributed by atoms with Crippen molar-refractivity contribution in [2.45, 2.75) is 23.7 Å². The van der Waals surface area contributed by atoms with Crippen molar-refractivity contribution >= 4 is 28.1 Å². The molecule has 0 aliphatic rings. The second kappa shape index (κ2) is 6.56. The molecule has 2 N–H and O–H groups in total. The highest BCUT2D eigenvalue weighted by Crippen LogP contribution is 2.29. The molecule has 0 fully saturated rings. The van der Waals surface area contributed by atoms with Gasteiger partial charge in [-0.15, -0.1) is 16.4 Å². The molecule has 0 saturated carbocycles. The van der Waals surface area contributed by atoms with Gasteiger partial charge in [0.25, 0.3) is 0 Å². The zero-order valence-corrected chi connectivity index (χ0v) is 13.4. The van der Waals surface area contributed by atoms with Crippen molar-refractivity contribution in [3.8, 4) is 0 Å². The number of hydrogen-bond donors (Lipinski definition) is 2. The number of fused-ring (bicyclic) bond motifs is 1.